The average molecular weight is 274 g/mol. The van der Waals surface area contributed by atoms with E-state index < -0.39 is 5.97 Å². The van der Waals surface area contributed by atoms with Gasteiger partial charge in [-0.1, -0.05) is 13.8 Å². The SMILES string of the molecule is CC.COC(=O)c1cc(N)c(C)cc1Br. The van der Waals surface area contributed by atoms with Gasteiger partial charge in [0.25, 0.3) is 0 Å². The van der Waals surface area contributed by atoms with Crippen molar-refractivity contribution in [2.45, 2.75) is 20.8 Å². The van der Waals surface area contributed by atoms with Crippen molar-refractivity contribution in [1.29, 1.82) is 0 Å². The normalized spacial score (nSPS) is 8.87. The minimum Gasteiger partial charge on any atom is -0.465 e. The predicted octanol–water partition coefficient (Wildman–Crippen LogP) is 3.15. The van der Waals surface area contributed by atoms with Gasteiger partial charge in [0.1, 0.15) is 0 Å². The largest absolute Gasteiger partial charge is 0.465 e. The molecule has 0 radical (unpaired) electrons. The van der Waals surface area contributed by atoms with E-state index in [4.69, 9.17) is 5.73 Å². The van der Waals surface area contributed by atoms with Crippen molar-refractivity contribution >= 4 is 27.6 Å². The van der Waals surface area contributed by atoms with E-state index in [1.165, 1.54) is 7.11 Å². The van der Waals surface area contributed by atoms with Crippen molar-refractivity contribution in [1.82, 2.24) is 0 Å². The molecule has 1 rings (SSSR count). The minimum atomic E-state index is -0.390. The van der Waals surface area contributed by atoms with Crippen molar-refractivity contribution in [2.75, 3.05) is 12.8 Å². The quantitative estimate of drug-likeness (QED) is 0.632. The van der Waals surface area contributed by atoms with E-state index in [2.05, 4.69) is 20.7 Å². The third-order valence-corrected chi connectivity index (χ3v) is 2.42. The van der Waals surface area contributed by atoms with Crippen LogP contribution in [0.1, 0.15) is 29.8 Å². The highest BCUT2D eigenvalue weighted by atomic mass is 79.9. The lowest BCUT2D eigenvalue weighted by molar-refractivity contribution is 0.0600. The van der Waals surface area contributed by atoms with Crippen LogP contribution in [0, 0.1) is 6.92 Å². The molecule has 0 aliphatic heterocycles. The summed E-state index contributed by atoms with van der Waals surface area (Å²) in [5, 5.41) is 0. The van der Waals surface area contributed by atoms with Crippen LogP contribution in [0.25, 0.3) is 0 Å². The van der Waals surface area contributed by atoms with Gasteiger partial charge in [0, 0.05) is 10.2 Å². The van der Waals surface area contributed by atoms with Crippen LogP contribution in [0.5, 0.6) is 0 Å². The maximum absolute atomic E-state index is 11.2. The molecule has 0 saturated heterocycles. The number of carbonyl (C=O) groups excluding carboxylic acids is 1. The first-order valence-electron chi connectivity index (χ1n) is 4.70. The fourth-order valence-electron chi connectivity index (χ4n) is 0.956. The Hall–Kier alpha value is -1.03. The lowest BCUT2D eigenvalue weighted by atomic mass is 10.1. The van der Waals surface area contributed by atoms with Crippen LogP contribution in [-0.4, -0.2) is 13.1 Å². The maximum Gasteiger partial charge on any atom is 0.339 e. The zero-order chi connectivity index (χ0) is 12.0. The van der Waals surface area contributed by atoms with Crippen molar-refractivity contribution in [3.8, 4) is 0 Å². The standard InChI is InChI=1S/C9H10BrNO2.C2H6/c1-5-3-7(10)6(4-8(5)11)9(12)13-2;1-2/h3-4H,11H2,1-2H3;1-2H3. The van der Waals surface area contributed by atoms with Gasteiger partial charge >= 0.3 is 5.97 Å². The molecular formula is C11H16BrNO2. The van der Waals surface area contributed by atoms with E-state index in [0.29, 0.717) is 15.7 Å². The molecule has 0 heterocycles. The van der Waals surface area contributed by atoms with Crippen LogP contribution in [0.4, 0.5) is 5.69 Å². The first-order valence-corrected chi connectivity index (χ1v) is 5.49. The van der Waals surface area contributed by atoms with Crippen LogP contribution in [0.2, 0.25) is 0 Å². The molecule has 0 fully saturated rings. The molecule has 2 N–H and O–H groups in total. The molecule has 0 bridgehead atoms. The lowest BCUT2D eigenvalue weighted by Gasteiger charge is -2.05. The summed E-state index contributed by atoms with van der Waals surface area (Å²) < 4.78 is 5.29. The molecule has 0 saturated carbocycles. The number of carbonyl (C=O) groups is 1. The third kappa shape index (κ3) is 3.55. The molecular weight excluding hydrogens is 258 g/mol. The van der Waals surface area contributed by atoms with Crippen molar-refractivity contribution in [2.24, 2.45) is 0 Å². The van der Waals surface area contributed by atoms with Gasteiger partial charge in [0.2, 0.25) is 0 Å². The van der Waals surface area contributed by atoms with Crippen LogP contribution >= 0.6 is 15.9 Å². The molecule has 0 unspecified atom stereocenters. The molecule has 0 amide bonds. The zero-order valence-electron chi connectivity index (χ0n) is 9.43. The van der Waals surface area contributed by atoms with E-state index in [-0.39, 0.29) is 0 Å². The van der Waals surface area contributed by atoms with Crippen molar-refractivity contribution in [3.63, 3.8) is 0 Å². The minimum absolute atomic E-state index is 0.390. The van der Waals surface area contributed by atoms with Gasteiger partial charge in [-0.15, -0.1) is 0 Å². The Balaban J connectivity index is 0.000000921. The molecule has 15 heavy (non-hydrogen) atoms. The Labute approximate surface area is 98.7 Å². The van der Waals surface area contributed by atoms with E-state index >= 15 is 0 Å². The van der Waals surface area contributed by atoms with Crippen molar-refractivity contribution in [3.05, 3.63) is 27.7 Å². The molecule has 4 heteroatoms. The number of nitrogen functional groups attached to an aromatic ring is 1. The second-order valence-electron chi connectivity index (χ2n) is 2.68. The van der Waals surface area contributed by atoms with Crippen LogP contribution in [0.3, 0.4) is 0 Å². The topological polar surface area (TPSA) is 52.3 Å². The summed E-state index contributed by atoms with van der Waals surface area (Å²) >= 11 is 3.27. The monoisotopic (exact) mass is 273 g/mol. The average Bonchev–Trinajstić information content (AvgIpc) is 2.25. The molecule has 1 aromatic rings. The number of esters is 1. The highest BCUT2D eigenvalue weighted by molar-refractivity contribution is 9.10. The highest BCUT2D eigenvalue weighted by Crippen LogP contribution is 2.23. The smallest absolute Gasteiger partial charge is 0.339 e. The predicted molar refractivity (Wildman–Crippen MR) is 66.0 cm³/mol. The molecule has 3 nitrogen and oxygen atoms in total. The summed E-state index contributed by atoms with van der Waals surface area (Å²) in [5.74, 6) is -0.390. The summed E-state index contributed by atoms with van der Waals surface area (Å²) in [6, 6.07) is 3.40. The molecule has 0 aliphatic rings. The Morgan fingerprint density at radius 1 is 1.40 bits per heavy atom. The third-order valence-electron chi connectivity index (χ3n) is 1.76. The van der Waals surface area contributed by atoms with E-state index in [1.54, 1.807) is 12.1 Å². The first kappa shape index (κ1) is 14.0. The summed E-state index contributed by atoms with van der Waals surface area (Å²) in [5.41, 5.74) is 7.62. The fraction of sp³-hybridized carbons (Fsp3) is 0.364. The number of aryl methyl sites for hydroxylation is 1. The molecule has 0 aliphatic carbocycles. The van der Waals surface area contributed by atoms with Gasteiger partial charge in [-0.05, 0) is 40.5 Å². The summed E-state index contributed by atoms with van der Waals surface area (Å²) in [4.78, 5) is 11.2. The van der Waals surface area contributed by atoms with Crippen molar-refractivity contribution < 1.29 is 9.53 Å². The Morgan fingerprint density at radius 3 is 2.40 bits per heavy atom. The van der Waals surface area contributed by atoms with E-state index in [9.17, 15) is 4.79 Å². The number of halogens is 1. The highest BCUT2D eigenvalue weighted by Gasteiger charge is 2.11. The van der Waals surface area contributed by atoms with Gasteiger partial charge < -0.3 is 10.5 Å². The zero-order valence-corrected chi connectivity index (χ0v) is 11.0. The molecule has 84 valence electrons. The number of hydrogen-bond acceptors (Lipinski definition) is 3. The lowest BCUT2D eigenvalue weighted by Crippen LogP contribution is -2.04. The van der Waals surface area contributed by atoms with Gasteiger partial charge in [-0.2, -0.15) is 0 Å². The van der Waals surface area contributed by atoms with Gasteiger partial charge in [0.15, 0.2) is 0 Å². The fourth-order valence-corrected chi connectivity index (χ4v) is 1.58. The second-order valence-corrected chi connectivity index (χ2v) is 3.53. The Kier molecular flexibility index (Phi) is 6.01. The number of ether oxygens (including phenoxy) is 1. The van der Waals surface area contributed by atoms with Crippen LogP contribution < -0.4 is 5.73 Å². The van der Waals surface area contributed by atoms with Crippen LogP contribution in [-0.2, 0) is 4.74 Å². The number of nitrogens with two attached hydrogens (primary N) is 1. The van der Waals surface area contributed by atoms with E-state index in [1.807, 2.05) is 20.8 Å². The Bertz CT molecular complexity index is 351. The summed E-state index contributed by atoms with van der Waals surface area (Å²) in [7, 11) is 1.34. The number of benzene rings is 1. The van der Waals surface area contributed by atoms with Gasteiger partial charge in [-0.25, -0.2) is 4.79 Å². The molecule has 0 atom stereocenters. The number of rotatable bonds is 1. The summed E-state index contributed by atoms with van der Waals surface area (Å²) in [6.45, 7) is 5.88. The van der Waals surface area contributed by atoms with E-state index in [0.717, 1.165) is 5.56 Å². The molecule has 0 aromatic heterocycles. The van der Waals surface area contributed by atoms with Gasteiger partial charge in [0.05, 0.1) is 12.7 Å². The molecule has 0 spiro atoms. The maximum atomic E-state index is 11.2. The van der Waals surface area contributed by atoms with Gasteiger partial charge in [-0.3, -0.25) is 0 Å². The first-order chi connectivity index (χ1) is 7.06. The number of methoxy groups -OCH3 is 1. The van der Waals surface area contributed by atoms with Crippen LogP contribution in [0.15, 0.2) is 16.6 Å². The second kappa shape index (κ2) is 6.45. The Morgan fingerprint density at radius 2 is 1.93 bits per heavy atom. The number of hydrogen-bond donors (Lipinski definition) is 1. The summed E-state index contributed by atoms with van der Waals surface area (Å²) in [6.07, 6.45) is 0. The number of anilines is 1. The molecule has 1 aromatic carbocycles.